The number of rotatable bonds is 7. The van der Waals surface area contributed by atoms with Crippen LogP contribution in [-0.4, -0.2) is 64.6 Å². The van der Waals surface area contributed by atoms with Crippen molar-refractivity contribution in [2.24, 2.45) is 0 Å². The number of fused-ring (bicyclic) bond motifs is 1. The van der Waals surface area contributed by atoms with Gasteiger partial charge in [-0.05, 0) is 24.6 Å². The van der Waals surface area contributed by atoms with Crippen molar-refractivity contribution in [1.82, 2.24) is 25.2 Å². The number of likely N-dealkylation sites (tertiary alicyclic amines) is 1. The summed E-state index contributed by atoms with van der Waals surface area (Å²) in [5.41, 5.74) is 2.65. The van der Waals surface area contributed by atoms with Crippen molar-refractivity contribution in [1.29, 1.82) is 0 Å². The Morgan fingerprint density at radius 3 is 2.84 bits per heavy atom. The second kappa shape index (κ2) is 8.39. The highest BCUT2D eigenvalue weighted by Gasteiger charge is 2.23. The third-order valence-electron chi connectivity index (χ3n) is 5.33. The van der Waals surface area contributed by atoms with Crippen LogP contribution in [0.4, 0.5) is 4.39 Å². The van der Waals surface area contributed by atoms with Gasteiger partial charge in [0.1, 0.15) is 23.7 Å². The first-order chi connectivity index (χ1) is 15.6. The summed E-state index contributed by atoms with van der Waals surface area (Å²) in [6.45, 7) is 2.14. The highest BCUT2D eigenvalue weighted by atomic mass is 19.1. The Morgan fingerprint density at radius 2 is 2.12 bits per heavy atom. The van der Waals surface area contributed by atoms with Crippen LogP contribution in [0.3, 0.4) is 0 Å². The first-order valence-electron chi connectivity index (χ1n) is 10.2. The molecule has 0 bridgehead atoms. The minimum atomic E-state index is -0.511. The number of halogens is 1. The number of methoxy groups -OCH3 is 1. The lowest BCUT2D eigenvalue weighted by Gasteiger charge is -2.30. The fraction of sp³-hybridized carbons (Fsp3) is 0.273. The second-order valence-electron chi connectivity index (χ2n) is 7.40. The van der Waals surface area contributed by atoms with Crippen LogP contribution in [0, 0.1) is 5.82 Å². The summed E-state index contributed by atoms with van der Waals surface area (Å²) in [4.78, 5) is 18.3. The van der Waals surface area contributed by atoms with Gasteiger partial charge in [0.05, 0.1) is 12.1 Å². The lowest BCUT2D eigenvalue weighted by Crippen LogP contribution is -2.42. The minimum absolute atomic E-state index is 0.0702. The number of amides is 1. The first kappa shape index (κ1) is 20.1. The normalized spacial score (nSPS) is 13.4. The molecule has 1 saturated heterocycles. The van der Waals surface area contributed by atoms with Gasteiger partial charge >= 0.3 is 0 Å². The topological polar surface area (TPSA) is 106 Å². The van der Waals surface area contributed by atoms with Crippen LogP contribution < -0.4 is 4.74 Å². The number of hydrogen-bond donors (Lipinski definition) is 1. The Hall–Kier alpha value is -3.79. The molecular formula is C22H20FN5O4. The van der Waals surface area contributed by atoms with E-state index in [1.165, 1.54) is 6.07 Å². The van der Waals surface area contributed by atoms with Crippen molar-refractivity contribution in [2.75, 3.05) is 33.4 Å². The molecule has 4 heterocycles. The summed E-state index contributed by atoms with van der Waals surface area (Å²) >= 11 is 0. The van der Waals surface area contributed by atoms with Gasteiger partial charge < -0.3 is 18.9 Å². The number of H-pyrrole nitrogens is 1. The van der Waals surface area contributed by atoms with Crippen LogP contribution >= 0.6 is 0 Å². The van der Waals surface area contributed by atoms with Gasteiger partial charge in [-0.3, -0.25) is 14.9 Å². The number of hydrogen-bond acceptors (Lipinski definition) is 7. The number of nitrogens with one attached hydrogen (secondary N) is 1. The molecule has 0 radical (unpaired) electrons. The molecule has 0 saturated carbocycles. The van der Waals surface area contributed by atoms with E-state index in [0.29, 0.717) is 45.9 Å². The van der Waals surface area contributed by atoms with Crippen molar-refractivity contribution in [2.45, 2.75) is 6.42 Å². The van der Waals surface area contributed by atoms with E-state index in [-0.39, 0.29) is 18.3 Å². The van der Waals surface area contributed by atoms with E-state index < -0.39 is 5.82 Å². The average molecular weight is 437 g/mol. The van der Waals surface area contributed by atoms with Crippen LogP contribution in [-0.2, 0) is 4.74 Å². The predicted octanol–water partition coefficient (Wildman–Crippen LogP) is 3.29. The van der Waals surface area contributed by atoms with Crippen molar-refractivity contribution in [3.8, 4) is 28.5 Å². The van der Waals surface area contributed by atoms with Gasteiger partial charge in [-0.1, -0.05) is 5.16 Å². The number of ether oxygens (including phenoxy) is 2. The third-order valence-corrected chi connectivity index (χ3v) is 5.33. The fourth-order valence-corrected chi connectivity index (χ4v) is 3.43. The monoisotopic (exact) mass is 437 g/mol. The molecule has 1 aromatic carbocycles. The quantitative estimate of drug-likeness (QED) is 0.442. The molecular weight excluding hydrogens is 417 g/mol. The average Bonchev–Trinajstić information content (AvgIpc) is 3.40. The van der Waals surface area contributed by atoms with Gasteiger partial charge in [0.25, 0.3) is 5.91 Å². The summed E-state index contributed by atoms with van der Waals surface area (Å²) in [5.74, 6) is -0.0942. The highest BCUT2D eigenvalue weighted by Crippen LogP contribution is 2.32. The lowest BCUT2D eigenvalue weighted by atomic mass is 10.1. The number of carbonyl (C=O) groups excluding carboxylic acids is 1. The van der Waals surface area contributed by atoms with Crippen LogP contribution in [0.2, 0.25) is 0 Å². The van der Waals surface area contributed by atoms with Gasteiger partial charge in [0.15, 0.2) is 17.3 Å². The van der Waals surface area contributed by atoms with E-state index >= 15 is 0 Å². The molecule has 9 nitrogen and oxygen atoms in total. The van der Waals surface area contributed by atoms with Gasteiger partial charge in [-0.2, -0.15) is 5.10 Å². The Bertz CT molecular complexity index is 1260. The summed E-state index contributed by atoms with van der Waals surface area (Å²) in [7, 11) is 1.55. The van der Waals surface area contributed by atoms with Crippen molar-refractivity contribution < 1.29 is 23.2 Å². The van der Waals surface area contributed by atoms with E-state index in [4.69, 9.17) is 14.0 Å². The zero-order valence-electron chi connectivity index (χ0n) is 17.3. The van der Waals surface area contributed by atoms with Crippen LogP contribution in [0.25, 0.3) is 33.6 Å². The zero-order valence-corrected chi connectivity index (χ0v) is 17.3. The standard InChI is InChI=1S/C22H20FN5O4/c1-30-7-8-31-19-11-18-14(9-15(19)23)21(26-25-18)20-10-17(27-32-20)13-3-4-16(24-12-13)22(29)28-5-2-6-28/h3-4,9-12H,2,5-8H2,1H3,(H,25,26). The van der Waals surface area contributed by atoms with Gasteiger partial charge in [-0.15, -0.1) is 0 Å². The molecule has 32 heavy (non-hydrogen) atoms. The van der Waals surface area contributed by atoms with E-state index in [1.807, 2.05) is 0 Å². The summed E-state index contributed by atoms with van der Waals surface area (Å²) in [6, 6.07) is 8.04. The fourth-order valence-electron chi connectivity index (χ4n) is 3.43. The molecule has 0 atom stereocenters. The van der Waals surface area contributed by atoms with Crippen molar-refractivity contribution in [3.05, 3.63) is 48.0 Å². The first-order valence-corrected chi connectivity index (χ1v) is 10.2. The summed E-state index contributed by atoms with van der Waals surface area (Å²) < 4.78 is 30.3. The van der Waals surface area contributed by atoms with E-state index in [0.717, 1.165) is 19.5 Å². The molecule has 0 spiro atoms. The molecule has 1 aliphatic rings. The smallest absolute Gasteiger partial charge is 0.272 e. The molecule has 1 N–H and O–H groups in total. The third kappa shape index (κ3) is 3.69. The van der Waals surface area contributed by atoms with Gasteiger partial charge in [0.2, 0.25) is 0 Å². The molecule has 1 fully saturated rings. The maximum absolute atomic E-state index is 14.5. The number of aromatic amines is 1. The Morgan fingerprint density at radius 1 is 1.25 bits per heavy atom. The predicted molar refractivity (Wildman–Crippen MR) is 113 cm³/mol. The SMILES string of the molecule is COCCOc1cc2[nH]nc(-c3cc(-c4ccc(C(=O)N5CCC5)nc4)no3)c2cc1F. The molecule has 0 unspecified atom stereocenters. The Kier molecular flexibility index (Phi) is 5.28. The Labute approximate surface area is 182 Å². The van der Waals surface area contributed by atoms with Crippen molar-refractivity contribution in [3.63, 3.8) is 0 Å². The second-order valence-corrected chi connectivity index (χ2v) is 7.40. The van der Waals surface area contributed by atoms with Crippen LogP contribution in [0.5, 0.6) is 5.75 Å². The number of nitrogens with zero attached hydrogens (tertiary/aromatic N) is 4. The summed E-state index contributed by atoms with van der Waals surface area (Å²) in [5, 5.41) is 11.7. The minimum Gasteiger partial charge on any atom is -0.488 e. The van der Waals surface area contributed by atoms with E-state index in [9.17, 15) is 9.18 Å². The number of pyridine rings is 1. The lowest BCUT2D eigenvalue weighted by molar-refractivity contribution is 0.0645. The van der Waals surface area contributed by atoms with Gasteiger partial charge in [-0.25, -0.2) is 4.39 Å². The molecule has 3 aromatic heterocycles. The molecule has 4 aromatic rings. The molecule has 0 aliphatic carbocycles. The van der Waals surface area contributed by atoms with Gasteiger partial charge in [0, 0.05) is 49.5 Å². The zero-order chi connectivity index (χ0) is 22.1. The largest absolute Gasteiger partial charge is 0.488 e. The molecule has 1 aliphatic heterocycles. The molecule has 1 amide bonds. The highest BCUT2D eigenvalue weighted by molar-refractivity contribution is 5.94. The molecule has 10 heteroatoms. The number of aromatic nitrogens is 4. The number of benzene rings is 1. The molecule has 5 rings (SSSR count). The van der Waals surface area contributed by atoms with E-state index in [1.54, 1.807) is 42.5 Å². The van der Waals surface area contributed by atoms with Crippen LogP contribution in [0.15, 0.2) is 41.1 Å². The number of carbonyl (C=O) groups is 1. The maximum atomic E-state index is 14.5. The van der Waals surface area contributed by atoms with E-state index in [2.05, 4.69) is 20.3 Å². The Balaban J connectivity index is 1.38. The molecule has 164 valence electrons. The maximum Gasteiger partial charge on any atom is 0.272 e. The summed E-state index contributed by atoms with van der Waals surface area (Å²) in [6.07, 6.45) is 2.61. The van der Waals surface area contributed by atoms with Crippen molar-refractivity contribution >= 4 is 16.8 Å². The van der Waals surface area contributed by atoms with Crippen LogP contribution in [0.1, 0.15) is 16.9 Å².